The van der Waals surface area contributed by atoms with Gasteiger partial charge in [-0.2, -0.15) is 0 Å². The Morgan fingerprint density at radius 3 is 2.65 bits per heavy atom. The van der Waals surface area contributed by atoms with Crippen molar-refractivity contribution in [1.29, 1.82) is 0 Å². The zero-order valence-electron chi connectivity index (χ0n) is 12.7. The summed E-state index contributed by atoms with van der Waals surface area (Å²) in [7, 11) is 3.27. The molecular formula is C14H15ClN4O3S. The SMILES string of the molecule is CC1=C(C(=O)N(C)C)[C@@H](c2ccc(Cl)c([N+](=O)[O-])c2)NC(=S)N1. The zero-order chi connectivity index (χ0) is 17.3. The topological polar surface area (TPSA) is 87.5 Å². The lowest BCUT2D eigenvalue weighted by atomic mass is 9.94. The maximum absolute atomic E-state index is 12.5. The maximum atomic E-state index is 12.5. The smallest absolute Gasteiger partial charge is 0.288 e. The van der Waals surface area contributed by atoms with E-state index in [1.165, 1.54) is 17.0 Å². The van der Waals surface area contributed by atoms with Crippen LogP contribution in [0.15, 0.2) is 29.5 Å². The normalized spacial score (nSPS) is 17.4. The van der Waals surface area contributed by atoms with Gasteiger partial charge in [-0.1, -0.05) is 17.7 Å². The number of carbonyl (C=O) groups is 1. The first-order valence-corrected chi connectivity index (χ1v) is 7.44. The van der Waals surface area contributed by atoms with Gasteiger partial charge in [-0.25, -0.2) is 0 Å². The van der Waals surface area contributed by atoms with E-state index in [4.69, 9.17) is 23.8 Å². The largest absolute Gasteiger partial charge is 0.351 e. The predicted molar refractivity (Wildman–Crippen MR) is 91.1 cm³/mol. The Kier molecular flexibility index (Phi) is 4.86. The highest BCUT2D eigenvalue weighted by Crippen LogP contribution is 2.33. The highest BCUT2D eigenvalue weighted by molar-refractivity contribution is 7.80. The average molecular weight is 355 g/mol. The van der Waals surface area contributed by atoms with E-state index in [0.717, 1.165) is 0 Å². The third kappa shape index (κ3) is 3.43. The Labute approximate surface area is 143 Å². The van der Waals surface area contributed by atoms with Crippen molar-refractivity contribution < 1.29 is 9.72 Å². The highest BCUT2D eigenvalue weighted by atomic mass is 35.5. The molecule has 2 rings (SSSR count). The first kappa shape index (κ1) is 17.2. The molecule has 1 aromatic carbocycles. The third-order valence-corrected chi connectivity index (χ3v) is 3.95. The number of halogens is 1. The summed E-state index contributed by atoms with van der Waals surface area (Å²) in [6.45, 7) is 1.74. The van der Waals surface area contributed by atoms with Crippen LogP contribution in [0.4, 0.5) is 5.69 Å². The molecule has 1 aromatic rings. The molecule has 0 aromatic heterocycles. The van der Waals surface area contributed by atoms with E-state index < -0.39 is 11.0 Å². The van der Waals surface area contributed by atoms with Crippen molar-refractivity contribution in [2.24, 2.45) is 0 Å². The monoisotopic (exact) mass is 354 g/mol. The van der Waals surface area contributed by atoms with Crippen molar-refractivity contribution in [3.05, 3.63) is 50.2 Å². The van der Waals surface area contributed by atoms with Gasteiger partial charge < -0.3 is 15.5 Å². The number of nitrogens with one attached hydrogen (secondary N) is 2. The van der Waals surface area contributed by atoms with Crippen LogP contribution in [0, 0.1) is 10.1 Å². The Hall–Kier alpha value is -2.19. The van der Waals surface area contributed by atoms with Crippen LogP contribution in [0.2, 0.25) is 5.02 Å². The van der Waals surface area contributed by atoms with Crippen LogP contribution < -0.4 is 10.6 Å². The van der Waals surface area contributed by atoms with Gasteiger partial charge in [0.2, 0.25) is 0 Å². The molecule has 0 bridgehead atoms. The van der Waals surface area contributed by atoms with Crippen molar-refractivity contribution in [2.45, 2.75) is 13.0 Å². The number of benzene rings is 1. The molecule has 1 heterocycles. The fourth-order valence-corrected chi connectivity index (χ4v) is 2.77. The lowest BCUT2D eigenvalue weighted by Crippen LogP contribution is -2.46. The van der Waals surface area contributed by atoms with Gasteiger partial charge in [0, 0.05) is 25.9 Å². The minimum Gasteiger partial charge on any atom is -0.351 e. The van der Waals surface area contributed by atoms with Gasteiger partial charge in [-0.3, -0.25) is 14.9 Å². The van der Waals surface area contributed by atoms with Gasteiger partial charge in [0.1, 0.15) is 5.02 Å². The van der Waals surface area contributed by atoms with E-state index in [1.54, 1.807) is 27.1 Å². The first-order valence-electron chi connectivity index (χ1n) is 6.66. The molecule has 9 heteroatoms. The Morgan fingerprint density at radius 1 is 1.43 bits per heavy atom. The van der Waals surface area contributed by atoms with E-state index in [9.17, 15) is 14.9 Å². The van der Waals surface area contributed by atoms with Gasteiger partial charge >= 0.3 is 0 Å². The van der Waals surface area contributed by atoms with Crippen LogP contribution in [0.25, 0.3) is 0 Å². The first-order chi connectivity index (χ1) is 10.7. The van der Waals surface area contributed by atoms with Crippen LogP contribution >= 0.6 is 23.8 Å². The van der Waals surface area contributed by atoms with Crippen LogP contribution in [-0.4, -0.2) is 34.9 Å². The van der Waals surface area contributed by atoms with Crippen molar-refractivity contribution >= 4 is 40.5 Å². The van der Waals surface area contributed by atoms with Gasteiger partial charge in [-0.15, -0.1) is 0 Å². The second-order valence-corrected chi connectivity index (χ2v) is 6.05. The lowest BCUT2D eigenvalue weighted by molar-refractivity contribution is -0.384. The van der Waals surface area contributed by atoms with E-state index in [0.29, 0.717) is 21.9 Å². The summed E-state index contributed by atoms with van der Waals surface area (Å²) in [6.07, 6.45) is 0. The van der Waals surface area contributed by atoms with Gasteiger partial charge in [0.15, 0.2) is 5.11 Å². The van der Waals surface area contributed by atoms with Crippen molar-refractivity contribution in [3.63, 3.8) is 0 Å². The second-order valence-electron chi connectivity index (χ2n) is 5.24. The lowest BCUT2D eigenvalue weighted by Gasteiger charge is -2.31. The summed E-state index contributed by atoms with van der Waals surface area (Å²) >= 11 is 11.0. The second kappa shape index (κ2) is 6.51. The molecule has 0 saturated heterocycles. The van der Waals surface area contributed by atoms with E-state index in [2.05, 4.69) is 10.6 Å². The molecule has 1 amide bonds. The van der Waals surface area contributed by atoms with Crippen molar-refractivity contribution in [1.82, 2.24) is 15.5 Å². The molecular weight excluding hydrogens is 340 g/mol. The number of rotatable bonds is 3. The molecule has 0 spiro atoms. The Morgan fingerprint density at radius 2 is 2.09 bits per heavy atom. The Balaban J connectivity index is 2.57. The van der Waals surface area contributed by atoms with Crippen LogP contribution in [-0.2, 0) is 4.79 Å². The number of amides is 1. The molecule has 1 aliphatic rings. The number of hydrogen-bond donors (Lipinski definition) is 2. The summed E-state index contributed by atoms with van der Waals surface area (Å²) in [4.78, 5) is 24.4. The summed E-state index contributed by atoms with van der Waals surface area (Å²) in [6, 6.07) is 3.84. The molecule has 2 N–H and O–H groups in total. The van der Waals surface area contributed by atoms with Crippen LogP contribution in [0.1, 0.15) is 18.5 Å². The van der Waals surface area contributed by atoms with Crippen LogP contribution in [0.3, 0.4) is 0 Å². The molecule has 122 valence electrons. The fraction of sp³-hybridized carbons (Fsp3) is 0.286. The van der Waals surface area contributed by atoms with Gasteiger partial charge in [-0.05, 0) is 30.8 Å². The van der Waals surface area contributed by atoms with Crippen molar-refractivity contribution in [3.8, 4) is 0 Å². The number of hydrogen-bond acceptors (Lipinski definition) is 4. The van der Waals surface area contributed by atoms with Gasteiger partial charge in [0.25, 0.3) is 11.6 Å². The molecule has 1 atom stereocenters. The molecule has 0 aliphatic carbocycles. The number of likely N-dealkylation sites (N-methyl/N-ethyl adjacent to an activating group) is 1. The quantitative estimate of drug-likeness (QED) is 0.491. The number of thiocarbonyl (C=S) groups is 1. The van der Waals surface area contributed by atoms with Crippen molar-refractivity contribution in [2.75, 3.05) is 14.1 Å². The third-order valence-electron chi connectivity index (χ3n) is 3.41. The number of allylic oxidation sites excluding steroid dienone is 1. The van der Waals surface area contributed by atoms with E-state index >= 15 is 0 Å². The number of nitrogens with zero attached hydrogens (tertiary/aromatic N) is 2. The highest BCUT2D eigenvalue weighted by Gasteiger charge is 2.31. The molecule has 1 aliphatic heterocycles. The average Bonchev–Trinajstić information content (AvgIpc) is 2.45. The van der Waals surface area contributed by atoms with Crippen LogP contribution in [0.5, 0.6) is 0 Å². The number of nitro groups is 1. The minimum atomic E-state index is -0.588. The van der Waals surface area contributed by atoms with Gasteiger partial charge in [0.05, 0.1) is 16.5 Å². The predicted octanol–water partition coefficient (Wildman–Crippen LogP) is 2.13. The molecule has 23 heavy (non-hydrogen) atoms. The molecule has 0 fully saturated rings. The summed E-state index contributed by atoms with van der Waals surface area (Å²) in [5.74, 6) is -0.215. The molecule has 0 unspecified atom stereocenters. The summed E-state index contributed by atoms with van der Waals surface area (Å²) < 4.78 is 0. The summed E-state index contributed by atoms with van der Waals surface area (Å²) in [5.41, 5.74) is 1.37. The molecule has 0 saturated carbocycles. The standard InChI is InChI=1S/C14H15ClN4O3S/c1-7-11(13(20)18(2)3)12(17-14(23)16-7)8-4-5-9(15)10(6-8)19(21)22/h4-6,12H,1-3H3,(H2,16,17,23)/t12-/m1/s1. The molecule has 7 nitrogen and oxygen atoms in total. The minimum absolute atomic E-state index is 0.0384. The molecule has 0 radical (unpaired) electrons. The number of carbonyl (C=O) groups excluding carboxylic acids is 1. The number of nitro benzene ring substituents is 1. The fourth-order valence-electron chi connectivity index (χ4n) is 2.32. The Bertz CT molecular complexity index is 733. The summed E-state index contributed by atoms with van der Waals surface area (Å²) in [5, 5.41) is 17.4. The van der Waals surface area contributed by atoms with E-state index in [-0.39, 0.29) is 16.6 Å². The van der Waals surface area contributed by atoms with E-state index in [1.807, 2.05) is 0 Å². The maximum Gasteiger partial charge on any atom is 0.288 e. The zero-order valence-corrected chi connectivity index (χ0v) is 14.3.